The molecule has 1 N–H and O–H groups in total. The zero-order valence-electron chi connectivity index (χ0n) is 15.8. The fourth-order valence-corrected chi connectivity index (χ4v) is 3.97. The van der Waals surface area contributed by atoms with Crippen LogP contribution in [0.15, 0.2) is 45.4 Å². The van der Waals surface area contributed by atoms with E-state index in [9.17, 15) is 0 Å². The van der Waals surface area contributed by atoms with Gasteiger partial charge in [0, 0.05) is 35.2 Å². The van der Waals surface area contributed by atoms with E-state index < -0.39 is 0 Å². The molecule has 2 aliphatic rings. The molecule has 1 aliphatic carbocycles. The number of anilines is 1. The molecule has 3 rings (SSSR count). The number of hydrogen-bond donors (Lipinski definition) is 1. The van der Waals surface area contributed by atoms with Gasteiger partial charge in [0.1, 0.15) is 0 Å². The number of aromatic nitrogens is 1. The first-order chi connectivity index (χ1) is 12.5. The van der Waals surface area contributed by atoms with Gasteiger partial charge < -0.3 is 5.32 Å². The molecule has 134 valence electrons. The van der Waals surface area contributed by atoms with E-state index in [0.717, 1.165) is 60.6 Å². The first kappa shape index (κ1) is 18.6. The molecule has 2 heterocycles. The molecule has 1 unspecified atom stereocenters. The Hall–Kier alpha value is -2.17. The summed E-state index contributed by atoms with van der Waals surface area (Å²) in [5.41, 5.74) is 9.49. The third kappa shape index (κ3) is 3.81. The lowest BCUT2D eigenvalue weighted by Crippen LogP contribution is -2.11. The van der Waals surface area contributed by atoms with Crippen molar-refractivity contribution in [1.82, 2.24) is 4.98 Å². The molecule has 4 heteroatoms. The van der Waals surface area contributed by atoms with Gasteiger partial charge in [-0.15, -0.1) is 15.7 Å². The second-order valence-corrected chi connectivity index (χ2v) is 7.48. The number of hydrogen-bond acceptors (Lipinski definition) is 3. The van der Waals surface area contributed by atoms with Crippen LogP contribution in [0.5, 0.6) is 0 Å². The van der Waals surface area contributed by atoms with Crippen LogP contribution < -0.4 is 5.32 Å². The first-order valence-corrected chi connectivity index (χ1v) is 9.70. The van der Waals surface area contributed by atoms with Crippen molar-refractivity contribution >= 4 is 26.2 Å². The van der Waals surface area contributed by atoms with E-state index in [1.165, 1.54) is 22.0 Å². The lowest BCUT2D eigenvalue weighted by molar-refractivity contribution is 0.903. The minimum atomic E-state index is 0.798. The van der Waals surface area contributed by atoms with Crippen LogP contribution in [0, 0.1) is 12.3 Å². The maximum Gasteiger partial charge on any atom is 0.0632 e. The largest absolute Gasteiger partial charge is 0.380 e. The Morgan fingerprint density at radius 3 is 2.73 bits per heavy atom. The van der Waals surface area contributed by atoms with Crippen molar-refractivity contribution in [3.05, 3.63) is 51.6 Å². The molecule has 0 amide bonds. The topological polar surface area (TPSA) is 37.3 Å². The fourth-order valence-electron chi connectivity index (χ4n) is 3.52. The molecule has 0 saturated heterocycles. The Morgan fingerprint density at radius 1 is 1.31 bits per heavy atom. The molecule has 0 bridgehead atoms. The Kier molecular flexibility index (Phi) is 5.74. The van der Waals surface area contributed by atoms with Gasteiger partial charge in [0.25, 0.3) is 0 Å². The summed E-state index contributed by atoms with van der Waals surface area (Å²) >= 11 is 0. The molecule has 1 atom stereocenters. The molecule has 1 aliphatic heterocycles. The molecule has 1 aromatic heterocycles. The summed E-state index contributed by atoms with van der Waals surface area (Å²) in [6.07, 6.45) is 12.5. The Bertz CT molecular complexity index is 894. The molecule has 0 spiro atoms. The van der Waals surface area contributed by atoms with Gasteiger partial charge in [0.2, 0.25) is 0 Å². The van der Waals surface area contributed by atoms with Gasteiger partial charge in [-0.25, -0.2) is 0 Å². The monoisotopic (exact) mass is 363 g/mol. The van der Waals surface area contributed by atoms with Crippen molar-refractivity contribution in [1.29, 1.82) is 0 Å². The van der Waals surface area contributed by atoms with E-state index in [-0.39, 0.29) is 0 Å². The number of rotatable bonds is 5. The number of allylic oxidation sites excluding steroid dienone is 4. The van der Waals surface area contributed by atoms with Crippen LogP contribution in [0.3, 0.4) is 0 Å². The summed E-state index contributed by atoms with van der Waals surface area (Å²) in [4.78, 5) is 9.26. The third-order valence-electron chi connectivity index (χ3n) is 5.05. The maximum atomic E-state index is 5.52. The van der Waals surface area contributed by atoms with E-state index in [1.807, 2.05) is 6.20 Å². The number of pyridine rings is 1. The summed E-state index contributed by atoms with van der Waals surface area (Å²) in [6, 6.07) is 2.23. The van der Waals surface area contributed by atoms with Gasteiger partial charge in [-0.05, 0) is 61.7 Å². The highest BCUT2D eigenvalue weighted by molar-refractivity contribution is 7.23. The normalized spacial score (nSPS) is 17.2. The van der Waals surface area contributed by atoms with Crippen LogP contribution in [0.2, 0.25) is 0 Å². The molecule has 0 radical (unpaired) electrons. The van der Waals surface area contributed by atoms with Crippen LogP contribution in [-0.2, 0) is 6.42 Å². The number of nitrogens with zero attached hydrogens (tertiary/aromatic N) is 2. The highest BCUT2D eigenvalue weighted by Gasteiger charge is 2.17. The smallest absolute Gasteiger partial charge is 0.0632 e. The van der Waals surface area contributed by atoms with Crippen LogP contribution >= 0.6 is 9.24 Å². The first-order valence-electron chi connectivity index (χ1n) is 9.12. The average Bonchev–Trinajstić information content (AvgIpc) is 2.98. The number of aliphatic imine (C=N–C) groups is 1. The van der Waals surface area contributed by atoms with E-state index in [1.54, 1.807) is 0 Å². The van der Waals surface area contributed by atoms with Crippen molar-refractivity contribution in [3.63, 3.8) is 0 Å². The molecular formula is C22H26N3P. The minimum Gasteiger partial charge on any atom is -0.380 e. The van der Waals surface area contributed by atoms with Crippen molar-refractivity contribution < 1.29 is 0 Å². The Labute approximate surface area is 159 Å². The molecule has 1 aromatic rings. The van der Waals surface area contributed by atoms with E-state index in [0.29, 0.717) is 0 Å². The van der Waals surface area contributed by atoms with Gasteiger partial charge in [-0.2, -0.15) is 0 Å². The van der Waals surface area contributed by atoms with Crippen molar-refractivity contribution in [3.8, 4) is 12.3 Å². The summed E-state index contributed by atoms with van der Waals surface area (Å²) < 4.78 is 0. The van der Waals surface area contributed by atoms with Gasteiger partial charge in [0.05, 0.1) is 17.9 Å². The van der Waals surface area contributed by atoms with Crippen LogP contribution in [0.25, 0.3) is 5.57 Å². The van der Waals surface area contributed by atoms with E-state index in [4.69, 9.17) is 11.4 Å². The molecule has 26 heavy (non-hydrogen) atoms. The van der Waals surface area contributed by atoms with Crippen LogP contribution in [0.4, 0.5) is 5.69 Å². The predicted molar refractivity (Wildman–Crippen MR) is 116 cm³/mol. The predicted octanol–water partition coefficient (Wildman–Crippen LogP) is 4.79. The second-order valence-electron chi connectivity index (χ2n) is 6.86. The average molecular weight is 363 g/mol. The van der Waals surface area contributed by atoms with Crippen LogP contribution in [-0.4, -0.2) is 23.8 Å². The lowest BCUT2D eigenvalue weighted by atomic mass is 9.98. The third-order valence-corrected chi connectivity index (χ3v) is 5.62. The SMILES string of the molecule is C#CC1=CC(P)=C(CNc2cc(C3=C(C)CN=C3C)cnc2CC)CC1. The number of aryl methyl sites for hydroxylation is 1. The summed E-state index contributed by atoms with van der Waals surface area (Å²) in [5, 5.41) is 4.82. The molecular weight excluding hydrogens is 337 g/mol. The maximum absolute atomic E-state index is 5.52. The van der Waals surface area contributed by atoms with Gasteiger partial charge in [-0.3, -0.25) is 9.98 Å². The van der Waals surface area contributed by atoms with Crippen molar-refractivity contribution in [2.24, 2.45) is 4.99 Å². The van der Waals surface area contributed by atoms with Gasteiger partial charge >= 0.3 is 0 Å². The summed E-state index contributed by atoms with van der Waals surface area (Å²) in [6.45, 7) is 7.99. The highest BCUT2D eigenvalue weighted by Crippen LogP contribution is 2.30. The standard InChI is InChI=1S/C22H26N3P/c1-5-16-7-8-17(21(26)9-16)12-25-20-10-18(13-24-19(20)6-2)22-14(3)11-23-15(22)4/h1,9-10,13,25H,6-8,11-12,26H2,2-4H3. The lowest BCUT2D eigenvalue weighted by Gasteiger charge is -2.18. The number of terminal acetylenes is 1. The molecule has 3 nitrogen and oxygen atoms in total. The van der Waals surface area contributed by atoms with Crippen LogP contribution in [0.1, 0.15) is 44.9 Å². The van der Waals surface area contributed by atoms with Gasteiger partial charge in [-0.1, -0.05) is 12.8 Å². The summed E-state index contributed by atoms with van der Waals surface area (Å²) in [5.74, 6) is 2.76. The zero-order valence-corrected chi connectivity index (χ0v) is 17.0. The Morgan fingerprint density at radius 2 is 2.12 bits per heavy atom. The van der Waals surface area contributed by atoms with Crippen molar-refractivity contribution in [2.75, 3.05) is 18.4 Å². The molecule has 0 fully saturated rings. The number of nitrogens with one attached hydrogen (secondary N) is 1. The van der Waals surface area contributed by atoms with E-state index >= 15 is 0 Å². The summed E-state index contributed by atoms with van der Waals surface area (Å²) in [7, 11) is 2.82. The Balaban J connectivity index is 1.85. The fraction of sp³-hybridized carbons (Fsp3) is 0.364. The minimum absolute atomic E-state index is 0.798. The molecule has 0 aromatic carbocycles. The van der Waals surface area contributed by atoms with E-state index in [2.05, 4.69) is 58.4 Å². The molecule has 0 saturated carbocycles. The van der Waals surface area contributed by atoms with Crippen molar-refractivity contribution in [2.45, 2.75) is 40.0 Å². The van der Waals surface area contributed by atoms with Gasteiger partial charge in [0.15, 0.2) is 0 Å². The highest BCUT2D eigenvalue weighted by atomic mass is 31.0. The quantitative estimate of drug-likeness (QED) is 0.603. The second kappa shape index (κ2) is 8.02. The zero-order chi connectivity index (χ0) is 18.7.